The molecule has 1 aliphatic rings. The maximum Gasteiger partial charge on any atom is 0.263 e. The van der Waals surface area contributed by atoms with E-state index in [1.54, 1.807) is 36.2 Å². The van der Waals surface area contributed by atoms with Gasteiger partial charge in [-0.05, 0) is 18.2 Å². The number of rotatable bonds is 4. The van der Waals surface area contributed by atoms with E-state index in [2.05, 4.69) is 4.98 Å². The number of hydrogen-bond acceptors (Lipinski definition) is 5. The third kappa shape index (κ3) is 3.42. The zero-order valence-corrected chi connectivity index (χ0v) is 16.0. The van der Waals surface area contributed by atoms with Gasteiger partial charge < -0.3 is 14.2 Å². The number of carbonyl (C=O) groups is 1. The third-order valence-corrected chi connectivity index (χ3v) is 6.65. The molecule has 10 heteroatoms. The molecule has 0 bridgehead atoms. The largest absolute Gasteiger partial charge is 0.497 e. The summed E-state index contributed by atoms with van der Waals surface area (Å²) in [4.78, 5) is 18.1. The first kappa shape index (κ1) is 18.7. The van der Waals surface area contributed by atoms with Crippen LogP contribution >= 0.6 is 11.6 Å². The number of nitrogens with zero attached hydrogens (tertiary/aromatic N) is 4. The minimum atomic E-state index is -3.78. The molecule has 0 saturated carbocycles. The van der Waals surface area contributed by atoms with Gasteiger partial charge in [0.2, 0.25) is 5.03 Å². The molecule has 2 heterocycles. The van der Waals surface area contributed by atoms with Crippen molar-refractivity contribution in [1.82, 2.24) is 18.8 Å². The molecule has 26 heavy (non-hydrogen) atoms. The van der Waals surface area contributed by atoms with E-state index in [0.717, 1.165) is 0 Å². The number of halogens is 1. The normalized spacial score (nSPS) is 15.9. The number of carbonyl (C=O) groups excluding carboxylic acids is 1. The van der Waals surface area contributed by atoms with Crippen molar-refractivity contribution >= 4 is 27.5 Å². The summed E-state index contributed by atoms with van der Waals surface area (Å²) in [6.07, 6.45) is 1.36. The van der Waals surface area contributed by atoms with E-state index in [1.165, 1.54) is 22.3 Å². The van der Waals surface area contributed by atoms with Crippen LogP contribution in [0.25, 0.3) is 0 Å². The van der Waals surface area contributed by atoms with Crippen LogP contribution in [-0.2, 0) is 17.1 Å². The van der Waals surface area contributed by atoms with E-state index in [-0.39, 0.29) is 29.2 Å². The fraction of sp³-hybridized carbons (Fsp3) is 0.375. The highest BCUT2D eigenvalue weighted by Crippen LogP contribution is 2.24. The molecule has 1 aliphatic heterocycles. The summed E-state index contributed by atoms with van der Waals surface area (Å²) in [7, 11) is -0.623. The van der Waals surface area contributed by atoms with E-state index in [4.69, 9.17) is 16.3 Å². The van der Waals surface area contributed by atoms with Crippen LogP contribution in [-0.4, -0.2) is 66.4 Å². The van der Waals surface area contributed by atoms with Gasteiger partial charge >= 0.3 is 0 Å². The van der Waals surface area contributed by atoms with E-state index >= 15 is 0 Å². The van der Waals surface area contributed by atoms with Gasteiger partial charge in [-0.15, -0.1) is 0 Å². The fourth-order valence-corrected chi connectivity index (χ4v) is 4.57. The predicted molar refractivity (Wildman–Crippen MR) is 95.9 cm³/mol. The monoisotopic (exact) mass is 398 g/mol. The maximum absolute atomic E-state index is 12.7. The molecule has 0 N–H and O–H groups in total. The standard InChI is InChI=1S/C16H19ClN4O4S/c1-19-11-18-15(14(19)17)26(23,24)21-8-6-20(7-9-21)16(22)12-4-3-5-13(10-12)25-2/h3-5,10-11H,6-9H2,1-2H3. The first-order chi connectivity index (χ1) is 12.3. The van der Waals surface area contributed by atoms with Gasteiger partial charge in [-0.3, -0.25) is 4.79 Å². The molecular formula is C16H19ClN4O4S. The van der Waals surface area contributed by atoms with Gasteiger partial charge in [0.15, 0.2) is 0 Å². The summed E-state index contributed by atoms with van der Waals surface area (Å²) in [6, 6.07) is 6.88. The molecule has 0 atom stereocenters. The number of benzene rings is 1. The van der Waals surface area contributed by atoms with E-state index < -0.39 is 10.0 Å². The van der Waals surface area contributed by atoms with Crippen LogP contribution in [0, 0.1) is 0 Å². The summed E-state index contributed by atoms with van der Waals surface area (Å²) < 4.78 is 33.3. The molecule has 0 aliphatic carbocycles. The number of imidazole rings is 1. The Morgan fingerprint density at radius 1 is 1.23 bits per heavy atom. The number of aromatic nitrogens is 2. The van der Waals surface area contributed by atoms with E-state index in [1.807, 2.05) is 0 Å². The first-order valence-electron chi connectivity index (χ1n) is 7.95. The molecule has 3 rings (SSSR count). The van der Waals surface area contributed by atoms with Crippen molar-refractivity contribution in [3.8, 4) is 5.75 Å². The van der Waals surface area contributed by atoms with Gasteiger partial charge in [0, 0.05) is 38.8 Å². The Morgan fingerprint density at radius 2 is 1.92 bits per heavy atom. The zero-order valence-electron chi connectivity index (χ0n) is 14.4. The van der Waals surface area contributed by atoms with Crippen LogP contribution in [0.4, 0.5) is 0 Å². The molecule has 1 aromatic carbocycles. The zero-order chi connectivity index (χ0) is 18.9. The van der Waals surface area contributed by atoms with Crippen molar-refractivity contribution in [2.75, 3.05) is 33.3 Å². The second-order valence-corrected chi connectivity index (χ2v) is 8.09. The molecule has 8 nitrogen and oxygen atoms in total. The Labute approximate surface area is 157 Å². The van der Waals surface area contributed by atoms with Gasteiger partial charge in [-0.25, -0.2) is 13.4 Å². The van der Waals surface area contributed by atoms with Gasteiger partial charge in [0.05, 0.1) is 13.4 Å². The number of ether oxygens (including phenoxy) is 1. The number of methoxy groups -OCH3 is 1. The SMILES string of the molecule is COc1cccc(C(=O)N2CCN(S(=O)(=O)c3ncn(C)c3Cl)CC2)c1. The molecule has 0 unspecified atom stereocenters. The molecule has 1 aromatic heterocycles. The summed E-state index contributed by atoms with van der Waals surface area (Å²) in [5.41, 5.74) is 0.508. The van der Waals surface area contributed by atoms with Gasteiger partial charge in [-0.1, -0.05) is 17.7 Å². The van der Waals surface area contributed by atoms with Crippen LogP contribution < -0.4 is 4.74 Å². The number of hydrogen-bond donors (Lipinski definition) is 0. The molecule has 1 saturated heterocycles. The Hall–Kier alpha value is -2.10. The lowest BCUT2D eigenvalue weighted by atomic mass is 10.1. The summed E-state index contributed by atoms with van der Waals surface area (Å²) in [5, 5.41) is -0.0888. The second-order valence-electron chi connectivity index (χ2n) is 5.88. The second kappa shape index (κ2) is 7.26. The fourth-order valence-electron chi connectivity index (χ4n) is 2.76. The van der Waals surface area contributed by atoms with Gasteiger partial charge in [-0.2, -0.15) is 4.31 Å². The highest BCUT2D eigenvalue weighted by Gasteiger charge is 2.33. The van der Waals surface area contributed by atoms with E-state index in [0.29, 0.717) is 24.4 Å². The molecular weight excluding hydrogens is 380 g/mol. The molecule has 2 aromatic rings. The van der Waals surface area contributed by atoms with E-state index in [9.17, 15) is 13.2 Å². The first-order valence-corrected chi connectivity index (χ1v) is 9.76. The van der Waals surface area contributed by atoms with Gasteiger partial charge in [0.25, 0.3) is 15.9 Å². The predicted octanol–water partition coefficient (Wildman–Crippen LogP) is 1.23. The molecule has 0 radical (unpaired) electrons. The highest BCUT2D eigenvalue weighted by molar-refractivity contribution is 7.89. The Kier molecular flexibility index (Phi) is 5.22. The molecule has 1 amide bonds. The lowest BCUT2D eigenvalue weighted by Crippen LogP contribution is -2.50. The van der Waals surface area contributed by atoms with Crippen molar-refractivity contribution in [2.45, 2.75) is 5.03 Å². The Balaban J connectivity index is 1.70. The third-order valence-electron chi connectivity index (χ3n) is 4.26. The minimum absolute atomic E-state index is 0.0693. The number of sulfonamides is 1. The van der Waals surface area contributed by atoms with Crippen molar-refractivity contribution in [3.63, 3.8) is 0 Å². The smallest absolute Gasteiger partial charge is 0.263 e. The topological polar surface area (TPSA) is 84.7 Å². The van der Waals surface area contributed by atoms with Crippen LogP contribution in [0.2, 0.25) is 5.15 Å². The summed E-state index contributed by atoms with van der Waals surface area (Å²) >= 11 is 6.02. The van der Waals surface area contributed by atoms with Crippen molar-refractivity contribution in [1.29, 1.82) is 0 Å². The highest BCUT2D eigenvalue weighted by atomic mass is 35.5. The summed E-state index contributed by atoms with van der Waals surface area (Å²) in [5.74, 6) is 0.443. The van der Waals surface area contributed by atoms with Crippen molar-refractivity contribution in [3.05, 3.63) is 41.3 Å². The number of piperazine rings is 1. The summed E-state index contributed by atoms with van der Waals surface area (Å²) in [6.45, 7) is 0.954. The Bertz CT molecular complexity index is 920. The maximum atomic E-state index is 12.7. The Morgan fingerprint density at radius 3 is 2.50 bits per heavy atom. The molecule has 1 fully saturated rings. The molecule has 140 valence electrons. The molecule has 0 spiro atoms. The van der Waals surface area contributed by atoms with Crippen LogP contribution in [0.5, 0.6) is 5.75 Å². The quantitative estimate of drug-likeness (QED) is 0.773. The lowest BCUT2D eigenvalue weighted by Gasteiger charge is -2.33. The van der Waals surface area contributed by atoms with Crippen molar-refractivity contribution in [2.24, 2.45) is 7.05 Å². The average Bonchev–Trinajstić information content (AvgIpc) is 3.00. The van der Waals surface area contributed by atoms with Crippen molar-refractivity contribution < 1.29 is 17.9 Å². The van der Waals surface area contributed by atoms with Crippen LogP contribution in [0.3, 0.4) is 0 Å². The van der Waals surface area contributed by atoms with Crippen LogP contribution in [0.1, 0.15) is 10.4 Å². The number of aryl methyl sites for hydroxylation is 1. The minimum Gasteiger partial charge on any atom is -0.497 e. The van der Waals surface area contributed by atoms with Crippen LogP contribution in [0.15, 0.2) is 35.6 Å². The number of amides is 1. The lowest BCUT2D eigenvalue weighted by molar-refractivity contribution is 0.0697. The average molecular weight is 399 g/mol. The van der Waals surface area contributed by atoms with Gasteiger partial charge in [0.1, 0.15) is 10.9 Å².